The summed E-state index contributed by atoms with van der Waals surface area (Å²) in [5, 5.41) is 6.43. The number of methoxy groups -OCH3 is 1. The number of sulfonamides is 1. The van der Waals surface area contributed by atoms with E-state index in [1.165, 1.54) is 25.6 Å². The lowest BCUT2D eigenvalue weighted by molar-refractivity contribution is 0.417. The summed E-state index contributed by atoms with van der Waals surface area (Å²) in [5.74, 6) is 0.381. The molecule has 1 heterocycles. The van der Waals surface area contributed by atoms with E-state index in [0.717, 1.165) is 0 Å². The number of benzene rings is 1. The molecular weight excluding hydrogens is 278 g/mol. The largest absolute Gasteiger partial charge is 0.495 e. The number of rotatable bonds is 4. The highest BCUT2D eigenvalue weighted by atomic mass is 35.5. The van der Waals surface area contributed by atoms with Crippen molar-refractivity contribution in [3.63, 3.8) is 0 Å². The molecule has 0 saturated heterocycles. The van der Waals surface area contributed by atoms with Crippen LogP contribution in [0, 0.1) is 0 Å². The van der Waals surface area contributed by atoms with Crippen molar-refractivity contribution in [1.29, 1.82) is 0 Å². The van der Waals surface area contributed by atoms with Crippen LogP contribution >= 0.6 is 11.6 Å². The average Bonchev–Trinajstić information content (AvgIpc) is 2.83. The number of aromatic amines is 1. The first-order chi connectivity index (χ1) is 8.53. The summed E-state index contributed by atoms with van der Waals surface area (Å²) in [6, 6.07) is 4.66. The van der Waals surface area contributed by atoms with Gasteiger partial charge in [-0.05, 0) is 18.2 Å². The van der Waals surface area contributed by atoms with Gasteiger partial charge in [-0.3, -0.25) is 9.82 Å². The molecule has 0 spiro atoms. The van der Waals surface area contributed by atoms with Crippen molar-refractivity contribution in [2.75, 3.05) is 11.8 Å². The lowest BCUT2D eigenvalue weighted by atomic mass is 10.3. The van der Waals surface area contributed by atoms with E-state index in [1.807, 2.05) is 0 Å². The van der Waals surface area contributed by atoms with Crippen molar-refractivity contribution in [3.05, 3.63) is 35.6 Å². The van der Waals surface area contributed by atoms with Crippen molar-refractivity contribution in [3.8, 4) is 5.75 Å². The Bertz CT molecular complexity index is 640. The number of hydrogen-bond acceptors (Lipinski definition) is 4. The minimum Gasteiger partial charge on any atom is -0.495 e. The van der Waals surface area contributed by atoms with Gasteiger partial charge in [-0.2, -0.15) is 5.10 Å². The quantitative estimate of drug-likeness (QED) is 0.899. The minimum absolute atomic E-state index is 0.0320. The van der Waals surface area contributed by atoms with Gasteiger partial charge in [0.25, 0.3) is 10.0 Å². The summed E-state index contributed by atoms with van der Waals surface area (Å²) in [6.07, 6.45) is 2.48. The van der Waals surface area contributed by atoms with E-state index in [1.54, 1.807) is 12.1 Å². The second kappa shape index (κ2) is 4.87. The summed E-state index contributed by atoms with van der Waals surface area (Å²) in [5.41, 5.74) is 0.270. The Morgan fingerprint density at radius 3 is 2.83 bits per heavy atom. The Balaban J connectivity index is 2.37. The third-order valence-electron chi connectivity index (χ3n) is 2.19. The second-order valence-corrected chi connectivity index (χ2v) is 5.50. The summed E-state index contributed by atoms with van der Waals surface area (Å²) in [4.78, 5) is 0.0320. The van der Waals surface area contributed by atoms with Crippen LogP contribution in [-0.4, -0.2) is 25.7 Å². The normalized spacial score (nSPS) is 11.2. The number of ether oxygens (including phenoxy) is 1. The average molecular weight is 288 g/mol. The van der Waals surface area contributed by atoms with Gasteiger partial charge in [-0.15, -0.1) is 0 Å². The molecule has 0 aliphatic rings. The zero-order valence-electron chi connectivity index (χ0n) is 9.34. The lowest BCUT2D eigenvalue weighted by Gasteiger charge is -2.10. The Kier molecular flexibility index (Phi) is 3.44. The van der Waals surface area contributed by atoms with Crippen LogP contribution in [0.25, 0.3) is 0 Å². The van der Waals surface area contributed by atoms with Crippen LogP contribution in [-0.2, 0) is 10.0 Å². The standard InChI is InChI=1S/C10H10ClN3O3S/c1-17-10-3-2-7(11)4-9(10)14-18(15,16)8-5-12-13-6-8/h2-6,14H,1H3,(H,12,13). The van der Waals surface area contributed by atoms with Gasteiger partial charge in [0.15, 0.2) is 0 Å². The first-order valence-corrected chi connectivity index (χ1v) is 6.74. The van der Waals surface area contributed by atoms with Gasteiger partial charge < -0.3 is 4.74 Å². The number of aromatic nitrogens is 2. The molecule has 0 fully saturated rings. The molecule has 2 aromatic rings. The monoisotopic (exact) mass is 287 g/mol. The summed E-state index contributed by atoms with van der Waals surface area (Å²) < 4.78 is 31.4. The van der Waals surface area contributed by atoms with Crippen LogP contribution in [0.5, 0.6) is 5.75 Å². The van der Waals surface area contributed by atoms with Crippen LogP contribution in [0.3, 0.4) is 0 Å². The van der Waals surface area contributed by atoms with Crippen LogP contribution in [0.2, 0.25) is 5.02 Å². The Labute approximate surface area is 109 Å². The zero-order valence-corrected chi connectivity index (χ0v) is 10.9. The van der Waals surface area contributed by atoms with Crippen LogP contribution in [0.4, 0.5) is 5.69 Å². The lowest BCUT2D eigenvalue weighted by Crippen LogP contribution is -2.12. The fourth-order valence-corrected chi connectivity index (χ4v) is 2.49. The summed E-state index contributed by atoms with van der Waals surface area (Å²) in [7, 11) is -2.26. The fraction of sp³-hybridized carbons (Fsp3) is 0.100. The van der Waals surface area contributed by atoms with E-state index >= 15 is 0 Å². The molecule has 2 N–H and O–H groups in total. The first kappa shape index (κ1) is 12.7. The van der Waals surface area contributed by atoms with E-state index in [9.17, 15) is 8.42 Å². The maximum absolute atomic E-state index is 12.0. The maximum Gasteiger partial charge on any atom is 0.265 e. The highest BCUT2D eigenvalue weighted by molar-refractivity contribution is 7.92. The smallest absolute Gasteiger partial charge is 0.265 e. The molecule has 0 amide bonds. The molecule has 0 aliphatic heterocycles. The van der Waals surface area contributed by atoms with Crippen LogP contribution in [0.15, 0.2) is 35.5 Å². The Hall–Kier alpha value is -1.73. The van der Waals surface area contributed by atoms with Gasteiger partial charge in [0.05, 0.1) is 19.0 Å². The topological polar surface area (TPSA) is 84.1 Å². The predicted octanol–water partition coefficient (Wildman–Crippen LogP) is 1.87. The van der Waals surface area contributed by atoms with Gasteiger partial charge in [0.1, 0.15) is 10.6 Å². The van der Waals surface area contributed by atoms with E-state index in [-0.39, 0.29) is 10.6 Å². The maximum atomic E-state index is 12.0. The summed E-state index contributed by atoms with van der Waals surface area (Å²) in [6.45, 7) is 0. The van der Waals surface area contributed by atoms with E-state index in [0.29, 0.717) is 10.8 Å². The van der Waals surface area contributed by atoms with Gasteiger partial charge in [-0.1, -0.05) is 11.6 Å². The van der Waals surface area contributed by atoms with Crippen molar-refractivity contribution in [2.24, 2.45) is 0 Å². The number of nitrogens with one attached hydrogen (secondary N) is 2. The van der Waals surface area contributed by atoms with E-state index < -0.39 is 10.0 Å². The third kappa shape index (κ3) is 2.57. The minimum atomic E-state index is -3.70. The molecule has 0 unspecified atom stereocenters. The van der Waals surface area contributed by atoms with Crippen molar-refractivity contribution in [1.82, 2.24) is 10.2 Å². The highest BCUT2D eigenvalue weighted by Gasteiger charge is 2.17. The van der Waals surface area contributed by atoms with Gasteiger partial charge in [0, 0.05) is 11.2 Å². The molecule has 1 aromatic heterocycles. The highest BCUT2D eigenvalue weighted by Crippen LogP contribution is 2.29. The van der Waals surface area contributed by atoms with E-state index in [4.69, 9.17) is 16.3 Å². The molecule has 18 heavy (non-hydrogen) atoms. The van der Waals surface area contributed by atoms with E-state index in [2.05, 4.69) is 14.9 Å². The fourth-order valence-electron chi connectivity index (χ4n) is 1.35. The third-order valence-corrected chi connectivity index (χ3v) is 3.76. The number of halogens is 1. The molecule has 8 heteroatoms. The van der Waals surface area contributed by atoms with Gasteiger partial charge in [-0.25, -0.2) is 8.42 Å². The number of H-pyrrole nitrogens is 1. The van der Waals surface area contributed by atoms with Crippen LogP contribution < -0.4 is 9.46 Å². The van der Waals surface area contributed by atoms with Gasteiger partial charge in [0.2, 0.25) is 0 Å². The molecule has 96 valence electrons. The van der Waals surface area contributed by atoms with Gasteiger partial charge >= 0.3 is 0 Å². The molecule has 0 radical (unpaired) electrons. The first-order valence-electron chi connectivity index (χ1n) is 4.88. The zero-order chi connectivity index (χ0) is 13.2. The SMILES string of the molecule is COc1ccc(Cl)cc1NS(=O)(=O)c1cn[nH]c1. The van der Waals surface area contributed by atoms with Crippen molar-refractivity contribution in [2.45, 2.75) is 4.90 Å². The van der Waals surface area contributed by atoms with Crippen molar-refractivity contribution < 1.29 is 13.2 Å². The molecule has 1 aromatic carbocycles. The molecule has 0 saturated carbocycles. The number of nitrogens with zero attached hydrogens (tertiary/aromatic N) is 1. The molecule has 0 aliphatic carbocycles. The second-order valence-electron chi connectivity index (χ2n) is 3.38. The molecule has 0 bridgehead atoms. The molecule has 0 atom stereocenters. The molecular formula is C10H10ClN3O3S. The Morgan fingerprint density at radius 2 is 2.22 bits per heavy atom. The van der Waals surface area contributed by atoms with Crippen LogP contribution in [0.1, 0.15) is 0 Å². The molecule has 2 rings (SSSR count). The summed E-state index contributed by atoms with van der Waals surface area (Å²) >= 11 is 5.82. The molecule has 6 nitrogen and oxygen atoms in total. The number of anilines is 1. The van der Waals surface area contributed by atoms with Crippen molar-refractivity contribution >= 4 is 27.3 Å². The predicted molar refractivity (Wildman–Crippen MR) is 67.4 cm³/mol. The number of hydrogen-bond donors (Lipinski definition) is 2. The Morgan fingerprint density at radius 1 is 1.44 bits per heavy atom.